The summed E-state index contributed by atoms with van der Waals surface area (Å²) in [5.74, 6) is 0.0500. The van der Waals surface area contributed by atoms with Gasteiger partial charge in [-0.3, -0.25) is 4.79 Å². The van der Waals surface area contributed by atoms with Gasteiger partial charge in [0.05, 0.1) is 11.3 Å². The predicted molar refractivity (Wildman–Crippen MR) is 76.6 cm³/mol. The van der Waals surface area contributed by atoms with Crippen molar-refractivity contribution in [2.45, 2.75) is 19.3 Å². The van der Waals surface area contributed by atoms with E-state index in [9.17, 15) is 4.79 Å². The maximum Gasteiger partial charge on any atom is 0.255 e. The van der Waals surface area contributed by atoms with E-state index >= 15 is 0 Å². The van der Waals surface area contributed by atoms with Crippen LogP contribution in [0.3, 0.4) is 0 Å². The Kier molecular flexibility index (Phi) is 4.15. The Morgan fingerprint density at radius 2 is 1.89 bits per heavy atom. The average Bonchev–Trinajstić information content (AvgIpc) is 2.39. The molecule has 1 saturated heterocycles. The van der Waals surface area contributed by atoms with Gasteiger partial charge >= 0.3 is 0 Å². The van der Waals surface area contributed by atoms with Gasteiger partial charge in [-0.05, 0) is 43.6 Å². The SMILES string of the molecule is NC(=S)Nc1ccccc1C(=O)N1CCCCC1. The summed E-state index contributed by atoms with van der Waals surface area (Å²) in [7, 11) is 0. The second kappa shape index (κ2) is 5.82. The third kappa shape index (κ3) is 2.98. The lowest BCUT2D eigenvalue weighted by molar-refractivity contribution is 0.0725. The van der Waals surface area contributed by atoms with Crippen molar-refractivity contribution in [3.8, 4) is 0 Å². The molecule has 0 spiro atoms. The van der Waals surface area contributed by atoms with Crippen molar-refractivity contribution in [2.75, 3.05) is 18.4 Å². The first kappa shape index (κ1) is 12.8. The van der Waals surface area contributed by atoms with Gasteiger partial charge in [0.25, 0.3) is 5.91 Å². The van der Waals surface area contributed by atoms with Gasteiger partial charge < -0.3 is 16.0 Å². The first-order valence-corrected chi connectivity index (χ1v) is 6.54. The number of carbonyl (C=O) groups excluding carboxylic acids is 1. The van der Waals surface area contributed by atoms with Gasteiger partial charge in [-0.15, -0.1) is 0 Å². The lowest BCUT2D eigenvalue weighted by atomic mass is 10.1. The number of para-hydroxylation sites is 1. The third-order valence-corrected chi connectivity index (χ3v) is 3.16. The molecule has 1 aromatic carbocycles. The molecule has 3 N–H and O–H groups in total. The van der Waals surface area contributed by atoms with Crippen LogP contribution in [0.15, 0.2) is 24.3 Å². The van der Waals surface area contributed by atoms with Crippen LogP contribution in [-0.2, 0) is 0 Å². The number of anilines is 1. The van der Waals surface area contributed by atoms with E-state index < -0.39 is 0 Å². The molecule has 1 aliphatic heterocycles. The number of benzene rings is 1. The second-order valence-corrected chi connectivity index (χ2v) is 4.83. The average molecular weight is 263 g/mol. The van der Waals surface area contributed by atoms with Crippen LogP contribution < -0.4 is 11.1 Å². The fourth-order valence-corrected chi connectivity index (χ4v) is 2.29. The van der Waals surface area contributed by atoms with Crippen LogP contribution in [0.4, 0.5) is 5.69 Å². The Hall–Kier alpha value is -1.62. The van der Waals surface area contributed by atoms with E-state index in [2.05, 4.69) is 5.32 Å². The Morgan fingerprint density at radius 3 is 2.56 bits per heavy atom. The van der Waals surface area contributed by atoms with Crippen LogP contribution in [-0.4, -0.2) is 29.0 Å². The summed E-state index contributed by atoms with van der Waals surface area (Å²) in [5, 5.41) is 3.03. The van der Waals surface area contributed by atoms with Gasteiger partial charge in [-0.25, -0.2) is 0 Å². The predicted octanol–water partition coefficient (Wildman–Crippen LogP) is 1.97. The lowest BCUT2D eigenvalue weighted by Crippen LogP contribution is -2.36. The number of nitrogens with zero attached hydrogens (tertiary/aromatic N) is 1. The van der Waals surface area contributed by atoms with Crippen molar-refractivity contribution in [3.05, 3.63) is 29.8 Å². The number of hydrogen-bond donors (Lipinski definition) is 2. The topological polar surface area (TPSA) is 58.4 Å². The summed E-state index contributed by atoms with van der Waals surface area (Å²) in [6.07, 6.45) is 3.36. The van der Waals surface area contributed by atoms with E-state index in [1.165, 1.54) is 6.42 Å². The van der Waals surface area contributed by atoms with Crippen LogP contribution >= 0.6 is 12.2 Å². The molecule has 96 valence electrons. The number of nitrogens with one attached hydrogen (secondary N) is 1. The largest absolute Gasteiger partial charge is 0.376 e. The van der Waals surface area contributed by atoms with Crippen molar-refractivity contribution in [3.63, 3.8) is 0 Å². The van der Waals surface area contributed by atoms with Gasteiger partial charge in [0.15, 0.2) is 5.11 Å². The van der Waals surface area contributed by atoms with Crippen LogP contribution in [0.1, 0.15) is 29.6 Å². The summed E-state index contributed by atoms with van der Waals surface area (Å²) in [5.41, 5.74) is 6.78. The smallest absolute Gasteiger partial charge is 0.255 e. The highest BCUT2D eigenvalue weighted by Gasteiger charge is 2.20. The fraction of sp³-hybridized carbons (Fsp3) is 0.385. The highest BCUT2D eigenvalue weighted by atomic mass is 32.1. The van der Waals surface area contributed by atoms with Gasteiger partial charge in [-0.2, -0.15) is 0 Å². The van der Waals surface area contributed by atoms with E-state index in [-0.39, 0.29) is 11.0 Å². The highest BCUT2D eigenvalue weighted by molar-refractivity contribution is 7.80. The molecule has 1 heterocycles. The number of piperidine rings is 1. The number of carbonyl (C=O) groups is 1. The van der Waals surface area contributed by atoms with E-state index in [0.717, 1.165) is 25.9 Å². The fourth-order valence-electron chi connectivity index (χ4n) is 2.18. The summed E-state index contributed by atoms with van der Waals surface area (Å²) >= 11 is 4.82. The summed E-state index contributed by atoms with van der Waals surface area (Å²) < 4.78 is 0. The maximum atomic E-state index is 12.4. The van der Waals surface area contributed by atoms with Crippen LogP contribution in [0.5, 0.6) is 0 Å². The summed E-state index contributed by atoms with van der Waals surface area (Å²) in [6.45, 7) is 1.67. The van der Waals surface area contributed by atoms with Crippen LogP contribution in [0.2, 0.25) is 0 Å². The normalized spacial score (nSPS) is 15.2. The molecule has 4 nitrogen and oxygen atoms in total. The number of hydrogen-bond acceptors (Lipinski definition) is 2. The Morgan fingerprint density at radius 1 is 1.22 bits per heavy atom. The molecule has 0 saturated carbocycles. The van der Waals surface area contributed by atoms with Crippen molar-refractivity contribution in [1.82, 2.24) is 4.90 Å². The van der Waals surface area contributed by atoms with Crippen LogP contribution in [0, 0.1) is 0 Å². The molecule has 0 unspecified atom stereocenters. The molecule has 2 rings (SSSR count). The minimum Gasteiger partial charge on any atom is -0.376 e. The first-order valence-electron chi connectivity index (χ1n) is 6.13. The monoisotopic (exact) mass is 263 g/mol. The maximum absolute atomic E-state index is 12.4. The minimum atomic E-state index is 0.0500. The molecule has 0 bridgehead atoms. The molecule has 1 amide bonds. The number of nitrogens with two attached hydrogens (primary N) is 1. The van der Waals surface area contributed by atoms with Crippen molar-refractivity contribution in [1.29, 1.82) is 0 Å². The van der Waals surface area contributed by atoms with Gasteiger partial charge in [0.1, 0.15) is 0 Å². The van der Waals surface area contributed by atoms with Crippen molar-refractivity contribution in [2.24, 2.45) is 5.73 Å². The molecule has 18 heavy (non-hydrogen) atoms. The molecule has 0 aromatic heterocycles. The Bertz CT molecular complexity index is 455. The lowest BCUT2D eigenvalue weighted by Gasteiger charge is -2.27. The van der Waals surface area contributed by atoms with E-state index in [4.69, 9.17) is 18.0 Å². The Labute approximate surface area is 112 Å². The van der Waals surface area contributed by atoms with Gasteiger partial charge in [-0.1, -0.05) is 12.1 Å². The molecule has 0 atom stereocenters. The molecule has 1 fully saturated rings. The third-order valence-electron chi connectivity index (χ3n) is 3.06. The number of likely N-dealkylation sites (tertiary alicyclic amines) is 1. The zero-order valence-corrected chi connectivity index (χ0v) is 11.0. The second-order valence-electron chi connectivity index (χ2n) is 4.39. The van der Waals surface area contributed by atoms with Crippen molar-refractivity contribution < 1.29 is 4.79 Å². The number of thiocarbonyl (C=S) groups is 1. The highest BCUT2D eigenvalue weighted by Crippen LogP contribution is 2.19. The molecular formula is C13H17N3OS. The molecule has 1 aliphatic rings. The zero-order valence-electron chi connectivity index (χ0n) is 10.2. The van der Waals surface area contributed by atoms with E-state index in [1.807, 2.05) is 23.1 Å². The summed E-state index contributed by atoms with van der Waals surface area (Å²) in [6, 6.07) is 7.32. The first-order chi connectivity index (χ1) is 8.68. The summed E-state index contributed by atoms with van der Waals surface area (Å²) in [4.78, 5) is 14.3. The molecular weight excluding hydrogens is 246 g/mol. The van der Waals surface area contributed by atoms with Crippen LogP contribution in [0.25, 0.3) is 0 Å². The quantitative estimate of drug-likeness (QED) is 0.801. The molecule has 0 radical (unpaired) electrons. The molecule has 1 aromatic rings. The standard InChI is InChI=1S/C13H17N3OS/c14-13(18)15-11-7-3-2-6-10(11)12(17)16-8-4-1-5-9-16/h2-3,6-7H,1,4-5,8-9H2,(H3,14,15,18). The minimum absolute atomic E-state index is 0.0500. The van der Waals surface area contributed by atoms with Gasteiger partial charge in [0.2, 0.25) is 0 Å². The van der Waals surface area contributed by atoms with Crippen molar-refractivity contribution >= 4 is 28.9 Å². The molecule has 5 heteroatoms. The number of amides is 1. The van der Waals surface area contributed by atoms with Gasteiger partial charge in [0, 0.05) is 13.1 Å². The number of rotatable bonds is 2. The van der Waals surface area contributed by atoms with E-state index in [1.54, 1.807) is 6.07 Å². The Balaban J connectivity index is 2.20. The zero-order chi connectivity index (χ0) is 13.0. The van der Waals surface area contributed by atoms with E-state index in [0.29, 0.717) is 11.3 Å². The molecule has 0 aliphatic carbocycles.